The van der Waals surface area contributed by atoms with Crippen LogP contribution in [0.15, 0.2) is 78.9 Å². The highest BCUT2D eigenvalue weighted by atomic mass is 19.3. The van der Waals surface area contributed by atoms with E-state index in [1.165, 1.54) is 4.90 Å². The summed E-state index contributed by atoms with van der Waals surface area (Å²) in [7, 11) is 0. The number of hydrogen-bond acceptors (Lipinski definition) is 10. The molecular weight excluding hydrogens is 785 g/mol. The number of imide groups is 1. The van der Waals surface area contributed by atoms with Gasteiger partial charge in [0.25, 0.3) is 11.8 Å². The number of benzene rings is 3. The van der Waals surface area contributed by atoms with Crippen LogP contribution in [0, 0.1) is 12.8 Å². The number of fused-ring (bicyclic) bond motifs is 1. The second kappa shape index (κ2) is 16.4. The van der Waals surface area contributed by atoms with Gasteiger partial charge in [-0.1, -0.05) is 30.3 Å². The Morgan fingerprint density at radius 2 is 1.72 bits per heavy atom. The average Bonchev–Trinajstić information content (AvgIpc) is 3.61. The van der Waals surface area contributed by atoms with Crippen molar-refractivity contribution in [2.24, 2.45) is 5.92 Å². The fraction of sp³-hybridized carbons (Fsp3) is 0.400. The third kappa shape index (κ3) is 7.97. The van der Waals surface area contributed by atoms with Gasteiger partial charge < -0.3 is 34.8 Å². The number of ether oxygens (including phenoxy) is 1. The number of para-hydroxylation sites is 1. The third-order valence-electron chi connectivity index (χ3n) is 12.7. The minimum absolute atomic E-state index is 0.0885. The lowest BCUT2D eigenvalue weighted by Crippen LogP contribution is -2.54. The molecule has 0 radical (unpaired) electrons. The van der Waals surface area contributed by atoms with Crippen LogP contribution in [0.3, 0.4) is 0 Å². The van der Waals surface area contributed by atoms with Gasteiger partial charge in [-0.15, -0.1) is 10.2 Å². The topological polar surface area (TPSA) is 162 Å². The number of nitrogens with two attached hydrogens (primary N) is 1. The number of piperidine rings is 2. The van der Waals surface area contributed by atoms with Crippen molar-refractivity contribution >= 4 is 45.9 Å². The standard InChI is InChI=1S/C45H49F2N9O5/c1-28-23-34-36(55-20-16-41(58)49-44(55)60)6-4-7-37(34)56(28)32-14-17-52(18-15-32)25-31-13-19-54(27-45(31,46)47)43(59)30-11-9-29(10-12-30)40-26-53(21-22-61-40)38-24-35(50-51-42(38)48)33-5-2-3-8-39(33)57/h2-12,23-24,31-32,40,57H,13-22,25-27H2,1H3,(H2,48,51)(H,49,58,60)/t31-,40-/m1/s1. The molecule has 6 heterocycles. The van der Waals surface area contributed by atoms with Gasteiger partial charge >= 0.3 is 6.03 Å². The van der Waals surface area contributed by atoms with Crippen LogP contribution in [0.1, 0.15) is 59.4 Å². The summed E-state index contributed by atoms with van der Waals surface area (Å²) in [5.41, 5.74) is 12.0. The van der Waals surface area contributed by atoms with Crippen LogP contribution in [0.2, 0.25) is 0 Å². The van der Waals surface area contributed by atoms with E-state index in [1.54, 1.807) is 41.3 Å². The molecule has 0 unspecified atom stereocenters. The molecule has 3 aromatic carbocycles. The number of urea groups is 1. The number of carbonyl (C=O) groups excluding carboxylic acids is 3. The molecule has 4 aliphatic rings. The number of hydrogen-bond donors (Lipinski definition) is 3. The summed E-state index contributed by atoms with van der Waals surface area (Å²) >= 11 is 0. The van der Waals surface area contributed by atoms with E-state index in [0.29, 0.717) is 61.8 Å². The first-order valence-corrected chi connectivity index (χ1v) is 20.9. The monoisotopic (exact) mass is 833 g/mol. The van der Waals surface area contributed by atoms with Gasteiger partial charge in [-0.3, -0.25) is 19.8 Å². The van der Waals surface area contributed by atoms with Gasteiger partial charge in [0.2, 0.25) is 5.91 Å². The molecule has 0 saturated carbocycles. The van der Waals surface area contributed by atoms with Crippen molar-refractivity contribution in [2.45, 2.75) is 50.7 Å². The predicted molar refractivity (Wildman–Crippen MR) is 227 cm³/mol. The van der Waals surface area contributed by atoms with Crippen molar-refractivity contribution in [1.82, 2.24) is 29.9 Å². The molecule has 4 amide bonds. The fourth-order valence-electron chi connectivity index (χ4n) is 9.50. The van der Waals surface area contributed by atoms with Crippen molar-refractivity contribution in [3.8, 4) is 17.0 Å². The van der Waals surface area contributed by atoms with Crippen LogP contribution < -0.4 is 20.9 Å². The van der Waals surface area contributed by atoms with E-state index in [2.05, 4.69) is 35.9 Å². The highest BCUT2D eigenvalue weighted by Gasteiger charge is 2.46. The van der Waals surface area contributed by atoms with Crippen molar-refractivity contribution in [1.29, 1.82) is 0 Å². The van der Waals surface area contributed by atoms with Gasteiger partial charge in [0.05, 0.1) is 35.7 Å². The Labute approximate surface area is 351 Å². The SMILES string of the molecule is Cc1cc2c(N3CCC(=O)NC3=O)cccc2n1C1CCN(C[C@H]2CCN(C(=O)c3ccc([C@H]4CN(c5cc(-c6ccccc6O)nnc5N)CCO4)cc3)CC2(F)F)CC1. The van der Waals surface area contributed by atoms with Crippen LogP contribution in [-0.4, -0.2) is 112 Å². The van der Waals surface area contributed by atoms with Crippen LogP contribution >= 0.6 is 0 Å². The zero-order valence-corrected chi connectivity index (χ0v) is 34.0. The maximum Gasteiger partial charge on any atom is 0.328 e. The summed E-state index contributed by atoms with van der Waals surface area (Å²) < 4.78 is 40.1. The minimum Gasteiger partial charge on any atom is -0.507 e. The smallest absolute Gasteiger partial charge is 0.328 e. The molecule has 0 bridgehead atoms. The summed E-state index contributed by atoms with van der Waals surface area (Å²) in [6.07, 6.45) is 1.71. The number of rotatable bonds is 8. The quantitative estimate of drug-likeness (QED) is 0.165. The van der Waals surface area contributed by atoms with Crippen LogP contribution in [0.25, 0.3) is 22.2 Å². The van der Waals surface area contributed by atoms with E-state index in [-0.39, 0.29) is 55.6 Å². The van der Waals surface area contributed by atoms with E-state index in [9.17, 15) is 19.5 Å². The van der Waals surface area contributed by atoms with Crippen LogP contribution in [0.5, 0.6) is 5.75 Å². The van der Waals surface area contributed by atoms with E-state index in [1.807, 2.05) is 43.3 Å². The number of nitrogens with zero attached hydrogens (tertiary/aromatic N) is 7. The van der Waals surface area contributed by atoms with E-state index in [4.69, 9.17) is 10.5 Å². The molecule has 16 heteroatoms. The molecule has 0 aliphatic carbocycles. The van der Waals surface area contributed by atoms with Gasteiger partial charge in [-0.05, 0) is 80.3 Å². The van der Waals surface area contributed by atoms with E-state index < -0.39 is 30.3 Å². The molecular formula is C45H49F2N9O5. The number of aryl methyl sites for hydroxylation is 1. The number of phenolic OH excluding ortho intramolecular Hbond substituents is 1. The number of alkyl halides is 2. The number of carbonyl (C=O) groups is 3. The third-order valence-corrected chi connectivity index (χ3v) is 12.7. The number of aromatic nitrogens is 3. The Morgan fingerprint density at radius 3 is 2.48 bits per heavy atom. The second-order valence-corrected chi connectivity index (χ2v) is 16.6. The molecule has 4 aliphatic heterocycles. The average molecular weight is 834 g/mol. The fourth-order valence-corrected chi connectivity index (χ4v) is 9.50. The molecule has 61 heavy (non-hydrogen) atoms. The highest BCUT2D eigenvalue weighted by molar-refractivity contribution is 6.09. The molecule has 9 rings (SSSR count). The van der Waals surface area contributed by atoms with Crippen LogP contribution in [0.4, 0.5) is 30.8 Å². The first kappa shape index (κ1) is 40.3. The number of nitrogen functional groups attached to an aromatic ring is 1. The zero-order chi connectivity index (χ0) is 42.4. The van der Waals surface area contributed by atoms with Gasteiger partial charge in [0, 0.05) is 86.4 Å². The van der Waals surface area contributed by atoms with Crippen molar-refractivity contribution in [3.63, 3.8) is 0 Å². The molecule has 14 nitrogen and oxygen atoms in total. The minimum atomic E-state index is -3.04. The molecule has 0 spiro atoms. The first-order valence-electron chi connectivity index (χ1n) is 20.9. The zero-order valence-electron chi connectivity index (χ0n) is 34.0. The Bertz CT molecular complexity index is 2470. The predicted octanol–water partition coefficient (Wildman–Crippen LogP) is 6.15. The normalized spacial score (nSPS) is 21.5. The maximum atomic E-state index is 15.8. The first-order chi connectivity index (χ1) is 29.4. The number of anilines is 3. The number of likely N-dealkylation sites (tertiary alicyclic amines) is 2. The van der Waals surface area contributed by atoms with Gasteiger partial charge in [0.1, 0.15) is 11.9 Å². The van der Waals surface area contributed by atoms with Crippen molar-refractivity contribution in [3.05, 3.63) is 95.7 Å². The van der Waals surface area contributed by atoms with E-state index in [0.717, 1.165) is 40.7 Å². The number of aromatic hydroxyl groups is 1. The molecule has 4 N–H and O–H groups in total. The molecule has 2 atom stereocenters. The molecule has 4 saturated heterocycles. The summed E-state index contributed by atoms with van der Waals surface area (Å²) in [5.74, 6) is -4.25. The molecule has 318 valence electrons. The Hall–Kier alpha value is -6.13. The largest absolute Gasteiger partial charge is 0.507 e. The Morgan fingerprint density at radius 1 is 0.934 bits per heavy atom. The molecule has 5 aromatic rings. The lowest BCUT2D eigenvalue weighted by molar-refractivity contribution is -0.120. The van der Waals surface area contributed by atoms with Gasteiger partial charge in [-0.25, -0.2) is 13.6 Å². The van der Waals surface area contributed by atoms with E-state index >= 15 is 8.78 Å². The molecule has 2 aromatic heterocycles. The summed E-state index contributed by atoms with van der Waals surface area (Å²) in [6.45, 7) is 5.05. The second-order valence-electron chi connectivity index (χ2n) is 16.6. The van der Waals surface area contributed by atoms with Crippen molar-refractivity contribution in [2.75, 3.05) is 74.5 Å². The lowest BCUT2D eigenvalue weighted by Gasteiger charge is -2.42. The number of nitrogens with one attached hydrogen (secondary N) is 1. The number of morpholine rings is 1. The van der Waals surface area contributed by atoms with Gasteiger partial charge in [0.15, 0.2) is 5.82 Å². The molecule has 4 fully saturated rings. The van der Waals surface area contributed by atoms with Crippen LogP contribution in [-0.2, 0) is 9.53 Å². The lowest BCUT2D eigenvalue weighted by atomic mass is 9.90. The Kier molecular flexibility index (Phi) is 10.8. The van der Waals surface area contributed by atoms with Gasteiger partial charge in [-0.2, -0.15) is 0 Å². The number of phenols is 1. The summed E-state index contributed by atoms with van der Waals surface area (Å²) in [4.78, 5) is 45.1. The van der Waals surface area contributed by atoms with Crippen molar-refractivity contribution < 1.29 is 33.0 Å². The summed E-state index contributed by atoms with van der Waals surface area (Å²) in [6, 6.07) is 23.4. The highest BCUT2D eigenvalue weighted by Crippen LogP contribution is 2.39. The summed E-state index contributed by atoms with van der Waals surface area (Å²) in [5, 5.41) is 22.0. The number of halogens is 2. The maximum absolute atomic E-state index is 15.8. The Balaban J connectivity index is 0.793. The number of amides is 4.